The number of carbonyl (C=O) groups is 1. The van der Waals surface area contributed by atoms with Gasteiger partial charge in [0.25, 0.3) is 0 Å². The Bertz CT molecular complexity index is 459. The molecule has 1 aromatic rings. The van der Waals surface area contributed by atoms with Gasteiger partial charge in [0.2, 0.25) is 5.91 Å². The third-order valence-electron chi connectivity index (χ3n) is 3.27. The summed E-state index contributed by atoms with van der Waals surface area (Å²) in [7, 11) is 0. The Hall–Kier alpha value is -1.06. The lowest BCUT2D eigenvalue weighted by Gasteiger charge is -2.16. The van der Waals surface area contributed by atoms with E-state index in [2.05, 4.69) is 12.2 Å². The predicted molar refractivity (Wildman–Crippen MR) is 70.3 cm³/mol. The topological polar surface area (TPSA) is 55.1 Å². The molecule has 1 aromatic carbocycles. The van der Waals surface area contributed by atoms with Crippen LogP contribution in [0.2, 0.25) is 5.02 Å². The summed E-state index contributed by atoms with van der Waals surface area (Å²) in [5.41, 5.74) is 8.91. The summed E-state index contributed by atoms with van der Waals surface area (Å²) in [6.07, 6.45) is 1.89. The van der Waals surface area contributed by atoms with Crippen molar-refractivity contribution in [3.63, 3.8) is 0 Å². The molecule has 0 bridgehead atoms. The van der Waals surface area contributed by atoms with Gasteiger partial charge in [-0.1, -0.05) is 24.9 Å². The molecule has 0 saturated carbocycles. The second-order valence-corrected chi connectivity index (χ2v) is 5.00. The molecule has 17 heavy (non-hydrogen) atoms. The van der Waals surface area contributed by atoms with Crippen LogP contribution in [-0.4, -0.2) is 5.91 Å². The fraction of sp³-hybridized carbons (Fsp3) is 0.462. The minimum absolute atomic E-state index is 0.0206. The minimum atomic E-state index is -0.142. The van der Waals surface area contributed by atoms with E-state index in [0.717, 1.165) is 29.7 Å². The summed E-state index contributed by atoms with van der Waals surface area (Å²) < 4.78 is 0. The quantitative estimate of drug-likeness (QED) is 0.868. The molecule has 1 heterocycles. The summed E-state index contributed by atoms with van der Waals surface area (Å²) in [4.78, 5) is 11.7. The van der Waals surface area contributed by atoms with Gasteiger partial charge in [-0.15, -0.1) is 0 Å². The SMILES string of the molecule is CCCC(N)c1cc(Cl)cc2c1NC(=O)C2C. The van der Waals surface area contributed by atoms with Crippen LogP contribution in [0.3, 0.4) is 0 Å². The van der Waals surface area contributed by atoms with E-state index >= 15 is 0 Å². The number of benzene rings is 1. The van der Waals surface area contributed by atoms with Crippen molar-refractivity contribution in [1.29, 1.82) is 0 Å². The summed E-state index contributed by atoms with van der Waals surface area (Å²) >= 11 is 6.09. The van der Waals surface area contributed by atoms with Gasteiger partial charge in [0.05, 0.1) is 5.92 Å². The molecule has 1 aliphatic rings. The van der Waals surface area contributed by atoms with Gasteiger partial charge in [-0.05, 0) is 36.6 Å². The van der Waals surface area contributed by atoms with Crippen LogP contribution in [0.15, 0.2) is 12.1 Å². The Morgan fingerprint density at radius 3 is 2.88 bits per heavy atom. The number of carbonyl (C=O) groups excluding carboxylic acids is 1. The van der Waals surface area contributed by atoms with Crippen molar-refractivity contribution < 1.29 is 4.79 Å². The van der Waals surface area contributed by atoms with Crippen molar-refractivity contribution in [1.82, 2.24) is 0 Å². The standard InChI is InChI=1S/C13H17ClN2O/c1-3-4-11(15)10-6-8(14)5-9-7(2)13(17)16-12(9)10/h5-7,11H,3-4,15H2,1-2H3,(H,16,17). The number of halogens is 1. The lowest BCUT2D eigenvalue weighted by Crippen LogP contribution is -2.13. The molecule has 2 rings (SSSR count). The first-order chi connectivity index (χ1) is 8.04. The zero-order valence-electron chi connectivity index (χ0n) is 10.1. The zero-order valence-corrected chi connectivity index (χ0v) is 10.8. The third kappa shape index (κ3) is 2.17. The summed E-state index contributed by atoms with van der Waals surface area (Å²) in [6, 6.07) is 3.64. The highest BCUT2D eigenvalue weighted by Gasteiger charge is 2.30. The fourth-order valence-corrected chi connectivity index (χ4v) is 2.50. The summed E-state index contributed by atoms with van der Waals surface area (Å²) in [5, 5.41) is 3.55. The number of amides is 1. The number of rotatable bonds is 3. The number of nitrogens with one attached hydrogen (secondary N) is 1. The first-order valence-electron chi connectivity index (χ1n) is 5.94. The summed E-state index contributed by atoms with van der Waals surface area (Å²) in [5.74, 6) is -0.122. The van der Waals surface area contributed by atoms with E-state index in [1.165, 1.54) is 0 Å². The van der Waals surface area contributed by atoms with Crippen molar-refractivity contribution in [2.45, 2.75) is 38.6 Å². The van der Waals surface area contributed by atoms with Crippen LogP contribution in [0.4, 0.5) is 5.69 Å². The molecule has 0 aromatic heterocycles. The van der Waals surface area contributed by atoms with Crippen molar-refractivity contribution in [3.05, 3.63) is 28.3 Å². The van der Waals surface area contributed by atoms with Crippen LogP contribution < -0.4 is 11.1 Å². The number of hydrogen-bond acceptors (Lipinski definition) is 2. The molecule has 0 aliphatic carbocycles. The molecular formula is C13H17ClN2O. The Morgan fingerprint density at radius 1 is 1.53 bits per heavy atom. The van der Waals surface area contributed by atoms with E-state index in [-0.39, 0.29) is 17.9 Å². The highest BCUT2D eigenvalue weighted by molar-refractivity contribution is 6.31. The van der Waals surface area contributed by atoms with E-state index in [1.54, 1.807) is 0 Å². The van der Waals surface area contributed by atoms with Crippen molar-refractivity contribution in [2.24, 2.45) is 5.73 Å². The van der Waals surface area contributed by atoms with Gasteiger partial charge in [0.1, 0.15) is 0 Å². The van der Waals surface area contributed by atoms with Crippen molar-refractivity contribution in [2.75, 3.05) is 5.32 Å². The van der Waals surface area contributed by atoms with Gasteiger partial charge in [-0.25, -0.2) is 0 Å². The largest absolute Gasteiger partial charge is 0.325 e. The minimum Gasteiger partial charge on any atom is -0.325 e. The van der Waals surface area contributed by atoms with Crippen LogP contribution in [0, 0.1) is 0 Å². The monoisotopic (exact) mass is 252 g/mol. The molecular weight excluding hydrogens is 236 g/mol. The molecule has 2 unspecified atom stereocenters. The average molecular weight is 253 g/mol. The van der Waals surface area contributed by atoms with Gasteiger partial charge in [-0.3, -0.25) is 4.79 Å². The molecule has 1 aliphatic heterocycles. The van der Waals surface area contributed by atoms with E-state index in [4.69, 9.17) is 17.3 Å². The predicted octanol–water partition coefficient (Wildman–Crippen LogP) is 3.20. The maximum atomic E-state index is 11.7. The average Bonchev–Trinajstić information content (AvgIpc) is 2.55. The van der Waals surface area contributed by atoms with Crippen LogP contribution >= 0.6 is 11.6 Å². The van der Waals surface area contributed by atoms with E-state index in [1.807, 2.05) is 19.1 Å². The highest BCUT2D eigenvalue weighted by Crippen LogP contribution is 2.39. The van der Waals surface area contributed by atoms with E-state index < -0.39 is 0 Å². The number of anilines is 1. The second-order valence-electron chi connectivity index (χ2n) is 4.57. The van der Waals surface area contributed by atoms with Gasteiger partial charge >= 0.3 is 0 Å². The smallest absolute Gasteiger partial charge is 0.231 e. The van der Waals surface area contributed by atoms with Gasteiger partial charge in [0.15, 0.2) is 0 Å². The Kier molecular flexibility index (Phi) is 3.40. The molecule has 1 amide bonds. The van der Waals surface area contributed by atoms with Gasteiger partial charge < -0.3 is 11.1 Å². The molecule has 92 valence electrons. The first-order valence-corrected chi connectivity index (χ1v) is 6.32. The second kappa shape index (κ2) is 4.67. The molecule has 0 spiro atoms. The van der Waals surface area contributed by atoms with Crippen LogP contribution in [0.25, 0.3) is 0 Å². The molecule has 3 nitrogen and oxygen atoms in total. The molecule has 4 heteroatoms. The summed E-state index contributed by atoms with van der Waals surface area (Å²) in [6.45, 7) is 3.97. The van der Waals surface area contributed by atoms with Crippen molar-refractivity contribution in [3.8, 4) is 0 Å². The Labute approximate surface area is 106 Å². The molecule has 3 N–H and O–H groups in total. The lowest BCUT2D eigenvalue weighted by atomic mass is 9.95. The third-order valence-corrected chi connectivity index (χ3v) is 3.49. The first kappa shape index (κ1) is 12.4. The van der Waals surface area contributed by atoms with Gasteiger partial charge in [-0.2, -0.15) is 0 Å². The fourth-order valence-electron chi connectivity index (χ4n) is 2.27. The highest BCUT2D eigenvalue weighted by atomic mass is 35.5. The van der Waals surface area contributed by atoms with Crippen molar-refractivity contribution >= 4 is 23.2 Å². The van der Waals surface area contributed by atoms with Crippen LogP contribution in [-0.2, 0) is 4.79 Å². The Balaban J connectivity index is 2.48. The maximum Gasteiger partial charge on any atom is 0.231 e. The van der Waals surface area contributed by atoms with Crippen LogP contribution in [0.5, 0.6) is 0 Å². The number of nitrogens with two attached hydrogens (primary N) is 1. The Morgan fingerprint density at radius 2 is 2.24 bits per heavy atom. The normalized spacial score (nSPS) is 20.0. The number of hydrogen-bond donors (Lipinski definition) is 2. The van der Waals surface area contributed by atoms with E-state index in [9.17, 15) is 4.79 Å². The lowest BCUT2D eigenvalue weighted by molar-refractivity contribution is -0.116. The zero-order chi connectivity index (χ0) is 12.6. The maximum absolute atomic E-state index is 11.7. The van der Waals surface area contributed by atoms with Crippen LogP contribution in [0.1, 0.15) is 49.8 Å². The molecule has 0 fully saturated rings. The van der Waals surface area contributed by atoms with E-state index in [0.29, 0.717) is 5.02 Å². The number of fused-ring (bicyclic) bond motifs is 1. The molecule has 0 radical (unpaired) electrons. The molecule has 0 saturated heterocycles. The molecule has 2 atom stereocenters. The van der Waals surface area contributed by atoms with Gasteiger partial charge in [0, 0.05) is 16.8 Å².